The molecule has 1 atom stereocenters. The van der Waals surface area contributed by atoms with Gasteiger partial charge in [-0.2, -0.15) is 4.31 Å². The van der Waals surface area contributed by atoms with Crippen LogP contribution in [0.25, 0.3) is 0 Å². The van der Waals surface area contributed by atoms with E-state index in [0.29, 0.717) is 24.4 Å². The average Bonchev–Trinajstić information content (AvgIpc) is 3.12. The van der Waals surface area contributed by atoms with Crippen LogP contribution in [0.4, 0.5) is 0 Å². The summed E-state index contributed by atoms with van der Waals surface area (Å²) in [6, 6.07) is 10.7. The summed E-state index contributed by atoms with van der Waals surface area (Å²) in [5.41, 5.74) is 0.723. The van der Waals surface area contributed by atoms with Gasteiger partial charge in [-0.1, -0.05) is 17.7 Å². The predicted molar refractivity (Wildman–Crippen MR) is 94.4 cm³/mol. The van der Waals surface area contributed by atoms with Gasteiger partial charge in [0.2, 0.25) is 15.9 Å². The van der Waals surface area contributed by atoms with Crippen LogP contribution >= 0.6 is 11.6 Å². The SMILES string of the molecule is O=C(NCc1ccccn1)[C@H]1CCCN1S(=O)(=O)c1ccc(Cl)cc1. The largest absolute Gasteiger partial charge is 0.349 e. The van der Waals surface area contributed by atoms with E-state index in [-0.39, 0.29) is 17.3 Å². The van der Waals surface area contributed by atoms with Crippen molar-refractivity contribution in [1.82, 2.24) is 14.6 Å². The maximum Gasteiger partial charge on any atom is 0.243 e. The Hall–Kier alpha value is -1.96. The molecule has 1 amide bonds. The Morgan fingerprint density at radius 1 is 1.24 bits per heavy atom. The van der Waals surface area contributed by atoms with Gasteiger partial charge in [0.15, 0.2) is 0 Å². The Balaban J connectivity index is 1.73. The van der Waals surface area contributed by atoms with Crippen LogP contribution in [0.2, 0.25) is 5.02 Å². The normalized spacial score (nSPS) is 18.2. The molecular formula is C17H18ClN3O3S. The molecular weight excluding hydrogens is 362 g/mol. The Kier molecular flexibility index (Phi) is 5.36. The molecule has 25 heavy (non-hydrogen) atoms. The van der Waals surface area contributed by atoms with Gasteiger partial charge in [-0.3, -0.25) is 9.78 Å². The van der Waals surface area contributed by atoms with Crippen LogP contribution in [0, 0.1) is 0 Å². The van der Waals surface area contributed by atoms with Gasteiger partial charge in [-0.15, -0.1) is 0 Å². The Bertz CT molecular complexity index is 841. The van der Waals surface area contributed by atoms with Crippen molar-refractivity contribution in [3.8, 4) is 0 Å². The van der Waals surface area contributed by atoms with Crippen molar-refractivity contribution < 1.29 is 13.2 Å². The minimum atomic E-state index is -3.73. The third kappa shape index (κ3) is 4.00. The summed E-state index contributed by atoms with van der Waals surface area (Å²) in [5.74, 6) is -0.305. The van der Waals surface area contributed by atoms with Crippen LogP contribution in [-0.2, 0) is 21.4 Å². The molecule has 1 aromatic carbocycles. The number of aromatic nitrogens is 1. The van der Waals surface area contributed by atoms with E-state index in [1.807, 2.05) is 6.07 Å². The van der Waals surface area contributed by atoms with Gasteiger partial charge in [-0.05, 0) is 49.2 Å². The number of nitrogens with one attached hydrogen (secondary N) is 1. The lowest BCUT2D eigenvalue weighted by atomic mass is 10.2. The fraction of sp³-hybridized carbons (Fsp3) is 0.294. The molecule has 0 unspecified atom stereocenters. The number of benzene rings is 1. The third-order valence-electron chi connectivity index (χ3n) is 4.10. The minimum Gasteiger partial charge on any atom is -0.349 e. The zero-order valence-corrected chi connectivity index (χ0v) is 15.0. The van der Waals surface area contributed by atoms with Crippen molar-refractivity contribution in [2.24, 2.45) is 0 Å². The Morgan fingerprint density at radius 3 is 2.68 bits per heavy atom. The number of pyridine rings is 1. The van der Waals surface area contributed by atoms with Crippen molar-refractivity contribution in [1.29, 1.82) is 0 Å². The molecule has 3 rings (SSSR count). The van der Waals surface area contributed by atoms with Gasteiger partial charge in [0.25, 0.3) is 0 Å². The number of amides is 1. The van der Waals surface area contributed by atoms with E-state index in [9.17, 15) is 13.2 Å². The van der Waals surface area contributed by atoms with Crippen molar-refractivity contribution in [2.75, 3.05) is 6.54 Å². The predicted octanol–water partition coefficient (Wildman–Crippen LogP) is 2.20. The van der Waals surface area contributed by atoms with Crippen LogP contribution in [0.15, 0.2) is 53.6 Å². The lowest BCUT2D eigenvalue weighted by Gasteiger charge is -2.23. The van der Waals surface area contributed by atoms with Gasteiger partial charge in [0, 0.05) is 17.8 Å². The van der Waals surface area contributed by atoms with Crippen molar-refractivity contribution in [2.45, 2.75) is 30.3 Å². The molecule has 1 aliphatic heterocycles. The van der Waals surface area contributed by atoms with Crippen LogP contribution < -0.4 is 5.32 Å². The zero-order valence-electron chi connectivity index (χ0n) is 13.4. The third-order valence-corrected chi connectivity index (χ3v) is 6.27. The number of rotatable bonds is 5. The smallest absolute Gasteiger partial charge is 0.243 e. The standard InChI is InChI=1S/C17H18ClN3O3S/c18-13-6-8-15(9-7-13)25(23,24)21-11-3-5-16(21)17(22)20-12-14-4-1-2-10-19-14/h1-2,4,6-10,16H,3,5,11-12H2,(H,20,22)/t16-/m1/s1. The van der Waals surface area contributed by atoms with E-state index >= 15 is 0 Å². The molecule has 0 saturated carbocycles. The van der Waals surface area contributed by atoms with Gasteiger partial charge in [-0.25, -0.2) is 8.42 Å². The number of carbonyl (C=O) groups excluding carboxylic acids is 1. The van der Waals surface area contributed by atoms with E-state index in [0.717, 1.165) is 5.69 Å². The second-order valence-corrected chi connectivity index (χ2v) is 8.09. The van der Waals surface area contributed by atoms with Crippen LogP contribution in [0.5, 0.6) is 0 Å². The number of hydrogen-bond donors (Lipinski definition) is 1. The minimum absolute atomic E-state index is 0.140. The summed E-state index contributed by atoms with van der Waals surface area (Å²) >= 11 is 5.82. The highest BCUT2D eigenvalue weighted by atomic mass is 35.5. The maximum atomic E-state index is 12.8. The Morgan fingerprint density at radius 2 is 2.00 bits per heavy atom. The fourth-order valence-corrected chi connectivity index (χ4v) is 4.61. The second-order valence-electron chi connectivity index (χ2n) is 5.77. The molecule has 6 nitrogen and oxygen atoms in total. The van der Waals surface area contributed by atoms with Gasteiger partial charge >= 0.3 is 0 Å². The first-order valence-electron chi connectivity index (χ1n) is 7.93. The molecule has 132 valence electrons. The topological polar surface area (TPSA) is 79.4 Å². The van der Waals surface area contributed by atoms with Crippen molar-refractivity contribution in [3.63, 3.8) is 0 Å². The lowest BCUT2D eigenvalue weighted by molar-refractivity contribution is -0.124. The number of nitrogens with zero attached hydrogens (tertiary/aromatic N) is 2. The van der Waals surface area contributed by atoms with Gasteiger partial charge < -0.3 is 5.32 Å². The summed E-state index contributed by atoms with van der Waals surface area (Å²) in [6.45, 7) is 0.595. The first-order valence-corrected chi connectivity index (χ1v) is 9.75. The van der Waals surface area contributed by atoms with Crippen molar-refractivity contribution >= 4 is 27.5 Å². The number of sulfonamides is 1. The first kappa shape index (κ1) is 17.8. The molecule has 1 fully saturated rings. The van der Waals surface area contributed by atoms with Crippen LogP contribution in [0.1, 0.15) is 18.5 Å². The molecule has 8 heteroatoms. The molecule has 0 aliphatic carbocycles. The first-order chi connectivity index (χ1) is 12.0. The molecule has 1 aliphatic rings. The molecule has 0 radical (unpaired) electrons. The molecule has 0 bridgehead atoms. The molecule has 2 aromatic rings. The Labute approximate surface area is 151 Å². The summed E-state index contributed by atoms with van der Waals surface area (Å²) in [6.07, 6.45) is 2.80. The summed E-state index contributed by atoms with van der Waals surface area (Å²) < 4.78 is 26.9. The van der Waals surface area contributed by atoms with Crippen molar-refractivity contribution in [3.05, 3.63) is 59.4 Å². The molecule has 1 aromatic heterocycles. The monoisotopic (exact) mass is 379 g/mol. The van der Waals surface area contributed by atoms with Gasteiger partial charge in [0.05, 0.1) is 17.1 Å². The highest BCUT2D eigenvalue weighted by Gasteiger charge is 2.39. The summed E-state index contributed by atoms with van der Waals surface area (Å²) in [5, 5.41) is 3.24. The number of halogens is 1. The maximum absolute atomic E-state index is 12.8. The number of hydrogen-bond acceptors (Lipinski definition) is 4. The molecule has 0 spiro atoms. The van der Waals surface area contributed by atoms with Crippen LogP contribution in [-0.4, -0.2) is 36.2 Å². The van der Waals surface area contributed by atoms with E-state index in [2.05, 4.69) is 10.3 Å². The quantitative estimate of drug-likeness (QED) is 0.863. The van der Waals surface area contributed by atoms with Gasteiger partial charge in [0.1, 0.15) is 6.04 Å². The molecule has 1 N–H and O–H groups in total. The van der Waals surface area contributed by atoms with E-state index in [1.165, 1.54) is 28.6 Å². The lowest BCUT2D eigenvalue weighted by Crippen LogP contribution is -2.45. The molecule has 1 saturated heterocycles. The van der Waals surface area contributed by atoms with E-state index in [4.69, 9.17) is 11.6 Å². The highest BCUT2D eigenvalue weighted by Crippen LogP contribution is 2.27. The zero-order chi connectivity index (χ0) is 17.9. The number of carbonyl (C=O) groups is 1. The summed E-state index contributed by atoms with van der Waals surface area (Å²) in [7, 11) is -3.73. The van der Waals surface area contributed by atoms with E-state index < -0.39 is 16.1 Å². The fourth-order valence-electron chi connectivity index (χ4n) is 2.83. The highest BCUT2D eigenvalue weighted by molar-refractivity contribution is 7.89. The van der Waals surface area contributed by atoms with Crippen LogP contribution in [0.3, 0.4) is 0 Å². The molecule has 2 heterocycles. The van der Waals surface area contributed by atoms with E-state index in [1.54, 1.807) is 18.3 Å². The summed E-state index contributed by atoms with van der Waals surface area (Å²) in [4.78, 5) is 16.8. The average molecular weight is 380 g/mol. The second kappa shape index (κ2) is 7.51.